The molecule has 4 rings (SSSR count). The first kappa shape index (κ1) is 12.5. The molecule has 1 atom stereocenters. The number of fused-ring (bicyclic) bond motifs is 1. The molecule has 0 bridgehead atoms. The van der Waals surface area contributed by atoms with E-state index in [0.717, 1.165) is 23.2 Å². The molecule has 6 nitrogen and oxygen atoms in total. The summed E-state index contributed by atoms with van der Waals surface area (Å²) in [6.45, 7) is 1.40. The van der Waals surface area contributed by atoms with Crippen molar-refractivity contribution in [1.82, 2.24) is 24.9 Å². The number of hydrogen-bond donors (Lipinski definition) is 0. The maximum absolute atomic E-state index is 12.6. The van der Waals surface area contributed by atoms with Crippen molar-refractivity contribution < 1.29 is 4.79 Å². The zero-order valence-electron chi connectivity index (χ0n) is 11.2. The standard InChI is InChI=1S/C14H13N5OS/c20-14(13-16-11-3-1-2-4-12(11)21-13)18-7-5-10(9-18)19-8-6-15-17-19/h1-4,6,8,10H,5,7,9H2. The molecule has 3 aromatic rings. The molecule has 1 fully saturated rings. The molecule has 3 heterocycles. The van der Waals surface area contributed by atoms with Crippen LogP contribution < -0.4 is 0 Å². The maximum Gasteiger partial charge on any atom is 0.282 e. The second kappa shape index (κ2) is 4.92. The van der Waals surface area contributed by atoms with Crippen molar-refractivity contribution in [3.8, 4) is 0 Å². The minimum Gasteiger partial charge on any atom is -0.334 e. The highest BCUT2D eigenvalue weighted by atomic mass is 32.1. The Hall–Kier alpha value is -2.28. The Morgan fingerprint density at radius 1 is 1.33 bits per heavy atom. The summed E-state index contributed by atoms with van der Waals surface area (Å²) in [4.78, 5) is 18.8. The molecule has 21 heavy (non-hydrogen) atoms. The highest BCUT2D eigenvalue weighted by Crippen LogP contribution is 2.26. The fraction of sp³-hybridized carbons (Fsp3) is 0.286. The molecule has 7 heteroatoms. The minimum absolute atomic E-state index is 0.0128. The van der Waals surface area contributed by atoms with Gasteiger partial charge < -0.3 is 4.90 Å². The van der Waals surface area contributed by atoms with Crippen molar-refractivity contribution in [2.75, 3.05) is 13.1 Å². The lowest BCUT2D eigenvalue weighted by Crippen LogP contribution is -2.29. The van der Waals surface area contributed by atoms with Crippen molar-refractivity contribution in [1.29, 1.82) is 0 Å². The summed E-state index contributed by atoms with van der Waals surface area (Å²) < 4.78 is 2.87. The molecular formula is C14H13N5OS. The van der Waals surface area contributed by atoms with Crippen molar-refractivity contribution in [3.63, 3.8) is 0 Å². The number of thiazole rings is 1. The first-order valence-electron chi connectivity index (χ1n) is 6.82. The minimum atomic E-state index is 0.0128. The van der Waals surface area contributed by atoms with Gasteiger partial charge in [0.1, 0.15) is 0 Å². The summed E-state index contributed by atoms with van der Waals surface area (Å²) in [7, 11) is 0. The van der Waals surface area contributed by atoms with Gasteiger partial charge in [-0.1, -0.05) is 17.3 Å². The van der Waals surface area contributed by atoms with Crippen LogP contribution in [-0.4, -0.2) is 43.9 Å². The molecule has 0 spiro atoms. The average Bonchev–Trinajstić information content (AvgIpc) is 3.24. The highest BCUT2D eigenvalue weighted by Gasteiger charge is 2.29. The number of para-hydroxylation sites is 1. The van der Waals surface area contributed by atoms with E-state index < -0.39 is 0 Å². The molecule has 1 aliphatic heterocycles. The van der Waals surface area contributed by atoms with Gasteiger partial charge in [-0.2, -0.15) is 0 Å². The molecular weight excluding hydrogens is 286 g/mol. The summed E-state index contributed by atoms with van der Waals surface area (Å²) in [5.74, 6) is 0.0128. The Morgan fingerprint density at radius 3 is 3.05 bits per heavy atom. The first-order chi connectivity index (χ1) is 10.3. The molecule has 106 valence electrons. The van der Waals surface area contributed by atoms with E-state index in [1.165, 1.54) is 11.3 Å². The summed E-state index contributed by atoms with van der Waals surface area (Å²) in [5.41, 5.74) is 0.887. The number of likely N-dealkylation sites (tertiary alicyclic amines) is 1. The van der Waals surface area contributed by atoms with Crippen LogP contribution in [0.1, 0.15) is 22.3 Å². The molecule has 1 aromatic carbocycles. The highest BCUT2D eigenvalue weighted by molar-refractivity contribution is 7.20. The number of carbonyl (C=O) groups excluding carboxylic acids is 1. The van der Waals surface area contributed by atoms with Gasteiger partial charge in [0.05, 0.1) is 22.5 Å². The summed E-state index contributed by atoms with van der Waals surface area (Å²) in [6.07, 6.45) is 4.41. The van der Waals surface area contributed by atoms with Crippen LogP contribution in [0.3, 0.4) is 0 Å². The van der Waals surface area contributed by atoms with Crippen molar-refractivity contribution in [3.05, 3.63) is 41.7 Å². The number of amides is 1. The summed E-state index contributed by atoms with van der Waals surface area (Å²) in [5, 5.41) is 8.40. The van der Waals surface area contributed by atoms with E-state index in [9.17, 15) is 4.79 Å². The van der Waals surface area contributed by atoms with Crippen LogP contribution in [0.5, 0.6) is 0 Å². The zero-order valence-corrected chi connectivity index (χ0v) is 12.0. The topological polar surface area (TPSA) is 63.9 Å². The van der Waals surface area contributed by atoms with Crippen LogP contribution in [0.25, 0.3) is 10.2 Å². The van der Waals surface area contributed by atoms with Gasteiger partial charge >= 0.3 is 0 Å². The summed E-state index contributed by atoms with van der Waals surface area (Å²) >= 11 is 1.45. The fourth-order valence-corrected chi connectivity index (χ4v) is 3.59. The van der Waals surface area contributed by atoms with Crippen LogP contribution in [0, 0.1) is 0 Å². The molecule has 1 saturated heterocycles. The predicted molar refractivity (Wildman–Crippen MR) is 79.2 cm³/mol. The van der Waals surface area contributed by atoms with Crippen molar-refractivity contribution in [2.45, 2.75) is 12.5 Å². The van der Waals surface area contributed by atoms with Gasteiger partial charge in [0.2, 0.25) is 0 Å². The molecule has 0 radical (unpaired) electrons. The Kier molecular flexibility index (Phi) is 2.92. The Morgan fingerprint density at radius 2 is 2.24 bits per heavy atom. The molecule has 1 aliphatic rings. The van der Waals surface area contributed by atoms with Gasteiger partial charge in [0.15, 0.2) is 5.01 Å². The molecule has 1 unspecified atom stereocenters. The van der Waals surface area contributed by atoms with E-state index >= 15 is 0 Å². The van der Waals surface area contributed by atoms with E-state index in [1.54, 1.807) is 6.20 Å². The quantitative estimate of drug-likeness (QED) is 0.726. The number of nitrogens with zero attached hydrogens (tertiary/aromatic N) is 5. The smallest absolute Gasteiger partial charge is 0.282 e. The number of carbonyl (C=O) groups is 1. The molecule has 0 saturated carbocycles. The van der Waals surface area contributed by atoms with Gasteiger partial charge in [-0.25, -0.2) is 9.67 Å². The largest absolute Gasteiger partial charge is 0.334 e. The predicted octanol–water partition coefficient (Wildman–Crippen LogP) is 1.97. The summed E-state index contributed by atoms with van der Waals surface area (Å²) in [6, 6.07) is 8.04. The number of aromatic nitrogens is 4. The molecule has 0 N–H and O–H groups in total. The third-order valence-electron chi connectivity index (χ3n) is 3.74. The van der Waals surface area contributed by atoms with Gasteiger partial charge in [-0.3, -0.25) is 4.79 Å². The van der Waals surface area contributed by atoms with Gasteiger partial charge in [0, 0.05) is 19.3 Å². The van der Waals surface area contributed by atoms with Gasteiger partial charge in [0.25, 0.3) is 5.91 Å². The van der Waals surface area contributed by atoms with Gasteiger partial charge in [-0.15, -0.1) is 16.4 Å². The monoisotopic (exact) mass is 299 g/mol. The third-order valence-corrected chi connectivity index (χ3v) is 4.77. The fourth-order valence-electron chi connectivity index (χ4n) is 2.65. The van der Waals surface area contributed by atoms with Crippen molar-refractivity contribution in [2.24, 2.45) is 0 Å². The molecule has 1 amide bonds. The average molecular weight is 299 g/mol. The van der Waals surface area contributed by atoms with Gasteiger partial charge in [-0.05, 0) is 18.6 Å². The van der Waals surface area contributed by atoms with Crippen LogP contribution in [0.15, 0.2) is 36.7 Å². The lowest BCUT2D eigenvalue weighted by molar-refractivity contribution is 0.0787. The number of benzene rings is 1. The van der Waals surface area contributed by atoms with Crippen LogP contribution in [-0.2, 0) is 0 Å². The lowest BCUT2D eigenvalue weighted by atomic mass is 10.3. The van der Waals surface area contributed by atoms with E-state index in [2.05, 4.69) is 15.3 Å². The van der Waals surface area contributed by atoms with E-state index in [4.69, 9.17) is 0 Å². The van der Waals surface area contributed by atoms with Crippen LogP contribution >= 0.6 is 11.3 Å². The van der Waals surface area contributed by atoms with Crippen molar-refractivity contribution >= 4 is 27.5 Å². The Balaban J connectivity index is 1.55. The second-order valence-corrected chi connectivity index (χ2v) is 6.09. The number of hydrogen-bond acceptors (Lipinski definition) is 5. The second-order valence-electron chi connectivity index (χ2n) is 5.06. The first-order valence-corrected chi connectivity index (χ1v) is 7.63. The Labute approximate surface area is 125 Å². The molecule has 0 aliphatic carbocycles. The van der Waals surface area contributed by atoms with Crippen LogP contribution in [0.4, 0.5) is 0 Å². The SMILES string of the molecule is O=C(c1nc2ccccc2s1)N1CCC(n2ccnn2)C1. The normalized spacial score (nSPS) is 18.5. The lowest BCUT2D eigenvalue weighted by Gasteiger charge is -2.14. The van der Waals surface area contributed by atoms with E-state index in [-0.39, 0.29) is 11.9 Å². The Bertz CT molecular complexity index is 749. The van der Waals surface area contributed by atoms with E-state index in [0.29, 0.717) is 11.6 Å². The van der Waals surface area contributed by atoms with Crippen LogP contribution in [0.2, 0.25) is 0 Å². The number of rotatable bonds is 2. The van der Waals surface area contributed by atoms with E-state index in [1.807, 2.05) is 40.0 Å². The third kappa shape index (κ3) is 2.19. The zero-order chi connectivity index (χ0) is 14.2. The molecule has 2 aromatic heterocycles. The maximum atomic E-state index is 12.6.